The molecule has 6 heteroatoms. The van der Waals surface area contributed by atoms with Crippen LogP contribution in [-0.4, -0.2) is 35.0 Å². The summed E-state index contributed by atoms with van der Waals surface area (Å²) < 4.78 is 0. The van der Waals surface area contributed by atoms with E-state index in [9.17, 15) is 14.4 Å². The Bertz CT molecular complexity index is 342. The van der Waals surface area contributed by atoms with Crippen LogP contribution in [0.3, 0.4) is 0 Å². The molecule has 1 aliphatic heterocycles. The van der Waals surface area contributed by atoms with E-state index in [1.165, 1.54) is 0 Å². The van der Waals surface area contributed by atoms with Crippen molar-refractivity contribution in [2.45, 2.75) is 37.8 Å². The van der Waals surface area contributed by atoms with Crippen LogP contribution in [0.4, 0.5) is 0 Å². The molecule has 0 spiro atoms. The number of aliphatic carboxylic acids is 1. The summed E-state index contributed by atoms with van der Waals surface area (Å²) in [6.45, 7) is 0. The van der Waals surface area contributed by atoms with Crippen molar-refractivity contribution in [3.63, 3.8) is 0 Å². The lowest BCUT2D eigenvalue weighted by Crippen LogP contribution is -2.58. The fourth-order valence-corrected chi connectivity index (χ4v) is 2.11. The van der Waals surface area contributed by atoms with E-state index >= 15 is 0 Å². The van der Waals surface area contributed by atoms with Crippen LogP contribution in [0.25, 0.3) is 0 Å². The van der Waals surface area contributed by atoms with Gasteiger partial charge in [-0.15, -0.1) is 0 Å². The summed E-state index contributed by atoms with van der Waals surface area (Å²) in [7, 11) is 0. The summed E-state index contributed by atoms with van der Waals surface area (Å²) >= 11 is 0. The molecule has 1 heterocycles. The zero-order valence-corrected chi connectivity index (χ0v) is 8.73. The second-order valence-electron chi connectivity index (χ2n) is 4.30. The summed E-state index contributed by atoms with van der Waals surface area (Å²) in [5.74, 6) is -1.82. The highest BCUT2D eigenvalue weighted by Gasteiger charge is 2.39. The normalized spacial score (nSPS) is 34.1. The Hall–Kier alpha value is -1.43. The summed E-state index contributed by atoms with van der Waals surface area (Å²) in [5.41, 5.74) is 0. The molecule has 16 heavy (non-hydrogen) atoms. The van der Waals surface area contributed by atoms with Crippen molar-refractivity contribution in [3.05, 3.63) is 0 Å². The molecule has 2 amide bonds. The lowest BCUT2D eigenvalue weighted by molar-refractivity contribution is -0.147. The molecule has 1 aliphatic carbocycles. The average Bonchev–Trinajstić information content (AvgIpc) is 2.13. The monoisotopic (exact) mass is 226 g/mol. The van der Waals surface area contributed by atoms with E-state index in [1.807, 2.05) is 0 Å². The Morgan fingerprint density at radius 2 is 2.06 bits per heavy atom. The van der Waals surface area contributed by atoms with Gasteiger partial charge in [-0.1, -0.05) is 0 Å². The first-order chi connectivity index (χ1) is 7.58. The van der Waals surface area contributed by atoms with Gasteiger partial charge in [0, 0.05) is 12.5 Å². The summed E-state index contributed by atoms with van der Waals surface area (Å²) in [4.78, 5) is 33.1. The number of hydrogen-bond acceptors (Lipinski definition) is 4. The molecule has 0 aromatic rings. The van der Waals surface area contributed by atoms with E-state index < -0.39 is 17.9 Å². The summed E-state index contributed by atoms with van der Waals surface area (Å²) in [6.07, 6.45) is 2.19. The van der Waals surface area contributed by atoms with Gasteiger partial charge in [0.2, 0.25) is 11.8 Å². The van der Waals surface area contributed by atoms with Crippen LogP contribution in [0.2, 0.25) is 0 Å². The Balaban J connectivity index is 1.88. The molecule has 0 aromatic heterocycles. The molecule has 1 saturated heterocycles. The van der Waals surface area contributed by atoms with Gasteiger partial charge in [-0.05, 0) is 19.3 Å². The molecule has 2 aliphatic rings. The van der Waals surface area contributed by atoms with Crippen LogP contribution in [0, 0.1) is 5.92 Å². The van der Waals surface area contributed by atoms with Gasteiger partial charge in [-0.2, -0.15) is 0 Å². The molecule has 1 saturated carbocycles. The smallest absolute Gasteiger partial charge is 0.308 e. The molecule has 3 N–H and O–H groups in total. The first kappa shape index (κ1) is 11.1. The van der Waals surface area contributed by atoms with Crippen LogP contribution in [0.5, 0.6) is 0 Å². The average molecular weight is 226 g/mol. The minimum absolute atomic E-state index is 0.138. The number of carboxylic acids is 1. The standard InChI is InChI=1S/C10H14N2O4/c13-8-4-3-7(9(14)12-8)11-6-2-1-5(6)10(15)16/h5-7,11H,1-4H2,(H,15,16)(H,12,13,14). The fraction of sp³-hybridized carbons (Fsp3) is 0.700. The van der Waals surface area contributed by atoms with Crippen molar-refractivity contribution in [1.82, 2.24) is 10.6 Å². The molecule has 3 atom stereocenters. The molecular weight excluding hydrogens is 212 g/mol. The highest BCUT2D eigenvalue weighted by molar-refractivity contribution is 6.00. The number of rotatable bonds is 3. The van der Waals surface area contributed by atoms with Gasteiger partial charge >= 0.3 is 5.97 Å². The van der Waals surface area contributed by atoms with E-state index in [2.05, 4.69) is 10.6 Å². The fourth-order valence-electron chi connectivity index (χ4n) is 2.11. The Morgan fingerprint density at radius 1 is 1.31 bits per heavy atom. The first-order valence-electron chi connectivity index (χ1n) is 5.40. The van der Waals surface area contributed by atoms with Crippen molar-refractivity contribution >= 4 is 17.8 Å². The maximum atomic E-state index is 11.4. The van der Waals surface area contributed by atoms with Crippen LogP contribution in [0.15, 0.2) is 0 Å². The van der Waals surface area contributed by atoms with Gasteiger partial charge < -0.3 is 10.4 Å². The van der Waals surface area contributed by atoms with Crippen molar-refractivity contribution in [3.8, 4) is 0 Å². The Morgan fingerprint density at radius 3 is 2.56 bits per heavy atom. The van der Waals surface area contributed by atoms with Crippen molar-refractivity contribution in [2.24, 2.45) is 5.92 Å². The highest BCUT2D eigenvalue weighted by Crippen LogP contribution is 2.28. The van der Waals surface area contributed by atoms with Gasteiger partial charge in [0.05, 0.1) is 12.0 Å². The van der Waals surface area contributed by atoms with Gasteiger partial charge in [0.1, 0.15) is 0 Å². The second-order valence-corrected chi connectivity index (χ2v) is 4.30. The Kier molecular flexibility index (Phi) is 2.91. The van der Waals surface area contributed by atoms with Crippen molar-refractivity contribution in [2.75, 3.05) is 0 Å². The number of hydrogen-bond donors (Lipinski definition) is 3. The molecule has 2 rings (SSSR count). The zero-order chi connectivity index (χ0) is 11.7. The number of carbonyl (C=O) groups is 3. The number of piperidine rings is 1. The third-order valence-electron chi connectivity index (χ3n) is 3.25. The molecule has 2 fully saturated rings. The van der Waals surface area contributed by atoms with Gasteiger partial charge in [-0.25, -0.2) is 0 Å². The topological polar surface area (TPSA) is 95.5 Å². The molecule has 3 unspecified atom stereocenters. The second kappa shape index (κ2) is 4.21. The quantitative estimate of drug-likeness (QED) is 0.550. The third kappa shape index (κ3) is 2.06. The number of amides is 2. The van der Waals surface area contributed by atoms with E-state index in [1.54, 1.807) is 0 Å². The molecule has 0 radical (unpaired) electrons. The lowest BCUT2D eigenvalue weighted by Gasteiger charge is -2.37. The third-order valence-corrected chi connectivity index (χ3v) is 3.25. The zero-order valence-electron chi connectivity index (χ0n) is 8.73. The van der Waals surface area contributed by atoms with Crippen LogP contribution < -0.4 is 10.6 Å². The van der Waals surface area contributed by atoms with Crippen LogP contribution >= 0.6 is 0 Å². The molecule has 6 nitrogen and oxygen atoms in total. The van der Waals surface area contributed by atoms with Crippen LogP contribution in [0.1, 0.15) is 25.7 Å². The Labute approximate surface area is 92.4 Å². The predicted molar refractivity (Wildman–Crippen MR) is 53.5 cm³/mol. The SMILES string of the molecule is O=C1CCC(NC2CCC2C(=O)O)C(=O)N1. The molecule has 0 aromatic carbocycles. The minimum atomic E-state index is -0.823. The van der Waals surface area contributed by atoms with Crippen molar-refractivity contribution < 1.29 is 19.5 Å². The minimum Gasteiger partial charge on any atom is -0.481 e. The number of carboxylic acid groups (broad SMARTS) is 1. The highest BCUT2D eigenvalue weighted by atomic mass is 16.4. The van der Waals surface area contributed by atoms with E-state index in [0.29, 0.717) is 19.3 Å². The van der Waals surface area contributed by atoms with Gasteiger partial charge in [0.25, 0.3) is 0 Å². The van der Waals surface area contributed by atoms with Crippen molar-refractivity contribution in [1.29, 1.82) is 0 Å². The van der Waals surface area contributed by atoms with E-state index in [-0.39, 0.29) is 17.9 Å². The number of nitrogens with one attached hydrogen (secondary N) is 2. The lowest BCUT2D eigenvalue weighted by atomic mass is 9.79. The van der Waals surface area contributed by atoms with E-state index in [0.717, 1.165) is 6.42 Å². The number of carbonyl (C=O) groups excluding carboxylic acids is 2. The van der Waals surface area contributed by atoms with Gasteiger partial charge in [-0.3, -0.25) is 19.7 Å². The summed E-state index contributed by atoms with van der Waals surface area (Å²) in [5, 5.41) is 14.1. The maximum absolute atomic E-state index is 11.4. The largest absolute Gasteiger partial charge is 0.481 e. The van der Waals surface area contributed by atoms with Crippen LogP contribution in [-0.2, 0) is 14.4 Å². The molecule has 0 bridgehead atoms. The maximum Gasteiger partial charge on any atom is 0.308 e. The first-order valence-corrected chi connectivity index (χ1v) is 5.40. The summed E-state index contributed by atoms with van der Waals surface area (Å²) in [6, 6.07) is -0.564. The van der Waals surface area contributed by atoms with Gasteiger partial charge in [0.15, 0.2) is 0 Å². The number of imide groups is 1. The molecule has 88 valence electrons. The molecular formula is C10H14N2O4. The van der Waals surface area contributed by atoms with E-state index in [4.69, 9.17) is 5.11 Å². The predicted octanol–water partition coefficient (Wildman–Crippen LogP) is -0.756.